The summed E-state index contributed by atoms with van der Waals surface area (Å²) in [6, 6.07) is 28.0. The summed E-state index contributed by atoms with van der Waals surface area (Å²) in [4.78, 5) is 29.4. The van der Waals surface area contributed by atoms with E-state index in [9.17, 15) is 9.59 Å². The standard InChI is InChI=1S/C33H35N7O4/c1-43-27-13-11-26(12-14-27)39-18-20-40(21-19-39)30(34)23-32(41)44-22-17-25-9-5-6-10-28(25)35-33(42)36-31-16-15-29(37-38-31)24-7-3-2-4-8-24/h2-16,23H,17-22,34H2,1H3,(H2,35,36,38,42). The largest absolute Gasteiger partial charge is 0.497 e. The number of rotatable bonds is 10. The first kappa shape index (κ1) is 29.9. The molecule has 2 heterocycles. The number of nitrogens with zero attached hydrogens (tertiary/aromatic N) is 4. The lowest BCUT2D eigenvalue weighted by Gasteiger charge is -2.37. The molecule has 2 amide bonds. The van der Waals surface area contributed by atoms with Crippen LogP contribution in [0, 0.1) is 0 Å². The molecular weight excluding hydrogens is 558 g/mol. The number of hydrogen-bond acceptors (Lipinski definition) is 9. The predicted molar refractivity (Wildman–Crippen MR) is 170 cm³/mol. The number of amides is 2. The Morgan fingerprint density at radius 2 is 1.59 bits per heavy atom. The number of hydrogen-bond donors (Lipinski definition) is 3. The summed E-state index contributed by atoms with van der Waals surface area (Å²) in [7, 11) is 1.65. The van der Waals surface area contributed by atoms with Crippen LogP contribution in [-0.4, -0.2) is 67.0 Å². The van der Waals surface area contributed by atoms with Crippen molar-refractivity contribution in [1.82, 2.24) is 15.1 Å². The van der Waals surface area contributed by atoms with Crippen LogP contribution in [-0.2, 0) is 16.0 Å². The zero-order chi connectivity index (χ0) is 30.7. The third-order valence-electron chi connectivity index (χ3n) is 7.21. The Labute approximate surface area is 256 Å². The Morgan fingerprint density at radius 3 is 2.30 bits per heavy atom. The van der Waals surface area contributed by atoms with Crippen LogP contribution in [0.15, 0.2) is 103 Å². The molecule has 1 aliphatic rings. The molecule has 1 aliphatic heterocycles. The summed E-state index contributed by atoms with van der Waals surface area (Å²) in [5.74, 6) is 1.00. The first-order chi connectivity index (χ1) is 21.5. The lowest BCUT2D eigenvalue weighted by atomic mass is 10.1. The van der Waals surface area contributed by atoms with Gasteiger partial charge in [-0.25, -0.2) is 9.59 Å². The van der Waals surface area contributed by atoms with Crippen LogP contribution in [0.25, 0.3) is 11.3 Å². The average molecular weight is 594 g/mol. The van der Waals surface area contributed by atoms with Crippen molar-refractivity contribution in [3.05, 3.63) is 108 Å². The summed E-state index contributed by atoms with van der Waals surface area (Å²) in [6.07, 6.45) is 1.73. The number of urea groups is 1. The minimum absolute atomic E-state index is 0.126. The maximum Gasteiger partial charge on any atom is 0.334 e. The molecule has 0 atom stereocenters. The van der Waals surface area contributed by atoms with Gasteiger partial charge >= 0.3 is 12.0 Å². The highest BCUT2D eigenvalue weighted by Gasteiger charge is 2.19. The van der Waals surface area contributed by atoms with E-state index in [0.29, 0.717) is 42.5 Å². The molecule has 0 aliphatic carbocycles. The van der Waals surface area contributed by atoms with Gasteiger partial charge in [0.2, 0.25) is 0 Å². The molecule has 0 radical (unpaired) electrons. The third-order valence-corrected chi connectivity index (χ3v) is 7.21. The van der Waals surface area contributed by atoms with Gasteiger partial charge in [0.15, 0.2) is 5.82 Å². The highest BCUT2D eigenvalue weighted by Crippen LogP contribution is 2.21. The van der Waals surface area contributed by atoms with E-state index in [-0.39, 0.29) is 6.61 Å². The third kappa shape index (κ3) is 8.03. The molecule has 44 heavy (non-hydrogen) atoms. The minimum Gasteiger partial charge on any atom is -0.497 e. The Balaban J connectivity index is 1.07. The normalized spacial score (nSPS) is 13.2. The predicted octanol–water partition coefficient (Wildman–Crippen LogP) is 4.50. The van der Waals surface area contributed by atoms with Crippen molar-refractivity contribution in [3.63, 3.8) is 0 Å². The second kappa shape index (κ2) is 14.5. The number of aromatic nitrogens is 2. The van der Waals surface area contributed by atoms with E-state index < -0.39 is 12.0 Å². The highest BCUT2D eigenvalue weighted by molar-refractivity contribution is 5.99. The number of nitrogens with one attached hydrogen (secondary N) is 2. The molecule has 226 valence electrons. The molecule has 0 unspecified atom stereocenters. The molecule has 4 aromatic rings. The van der Waals surface area contributed by atoms with Gasteiger partial charge in [-0.15, -0.1) is 10.2 Å². The van der Waals surface area contributed by atoms with E-state index in [1.54, 1.807) is 25.3 Å². The van der Waals surface area contributed by atoms with Crippen molar-refractivity contribution >= 4 is 29.2 Å². The fourth-order valence-corrected chi connectivity index (χ4v) is 4.82. The number of ether oxygens (including phenoxy) is 2. The van der Waals surface area contributed by atoms with Crippen molar-refractivity contribution in [3.8, 4) is 17.0 Å². The lowest BCUT2D eigenvalue weighted by Crippen LogP contribution is -2.47. The summed E-state index contributed by atoms with van der Waals surface area (Å²) >= 11 is 0. The van der Waals surface area contributed by atoms with Gasteiger partial charge < -0.3 is 30.3 Å². The van der Waals surface area contributed by atoms with Crippen LogP contribution in [0.4, 0.5) is 22.0 Å². The molecule has 0 saturated carbocycles. The van der Waals surface area contributed by atoms with Gasteiger partial charge in [0.1, 0.15) is 11.6 Å². The highest BCUT2D eigenvalue weighted by atomic mass is 16.5. The second-order valence-electron chi connectivity index (χ2n) is 10.1. The van der Waals surface area contributed by atoms with Crippen molar-refractivity contribution in [2.24, 2.45) is 5.73 Å². The monoisotopic (exact) mass is 593 g/mol. The Kier molecular flexibility index (Phi) is 9.88. The summed E-state index contributed by atoms with van der Waals surface area (Å²) in [5, 5.41) is 13.8. The van der Waals surface area contributed by atoms with E-state index in [0.717, 1.165) is 35.7 Å². The Morgan fingerprint density at radius 1 is 0.864 bits per heavy atom. The van der Waals surface area contributed by atoms with Crippen molar-refractivity contribution in [2.75, 3.05) is 55.4 Å². The van der Waals surface area contributed by atoms with Crippen LogP contribution in [0.2, 0.25) is 0 Å². The Bertz CT molecular complexity index is 1570. The number of benzene rings is 3. The SMILES string of the molecule is COc1ccc(N2CCN(C(N)=CC(=O)OCCc3ccccc3NC(=O)Nc3ccc(-c4ccccc4)nn3)CC2)cc1. The number of carbonyl (C=O) groups excluding carboxylic acids is 2. The van der Waals surface area contributed by atoms with Crippen LogP contribution < -0.4 is 26.0 Å². The van der Waals surface area contributed by atoms with Gasteiger partial charge in [0, 0.05) is 49.5 Å². The van der Waals surface area contributed by atoms with Gasteiger partial charge in [-0.2, -0.15) is 0 Å². The van der Waals surface area contributed by atoms with E-state index in [1.165, 1.54) is 6.08 Å². The number of carbonyl (C=O) groups is 2. The fraction of sp³-hybridized carbons (Fsp3) is 0.212. The molecule has 3 aromatic carbocycles. The van der Waals surface area contributed by atoms with Crippen LogP contribution in [0.1, 0.15) is 5.56 Å². The molecule has 4 N–H and O–H groups in total. The number of para-hydroxylation sites is 1. The molecule has 11 heteroatoms. The summed E-state index contributed by atoms with van der Waals surface area (Å²) in [6.45, 7) is 3.05. The quantitative estimate of drug-likeness (QED) is 0.179. The van der Waals surface area contributed by atoms with Gasteiger partial charge in [0.25, 0.3) is 0 Å². The number of esters is 1. The second-order valence-corrected chi connectivity index (χ2v) is 10.1. The van der Waals surface area contributed by atoms with E-state index >= 15 is 0 Å². The lowest BCUT2D eigenvalue weighted by molar-refractivity contribution is -0.137. The van der Waals surface area contributed by atoms with E-state index in [2.05, 4.69) is 25.7 Å². The molecule has 5 rings (SSSR count). The minimum atomic E-state index is -0.513. The van der Waals surface area contributed by atoms with Crippen molar-refractivity contribution in [1.29, 1.82) is 0 Å². The molecule has 1 fully saturated rings. The van der Waals surface area contributed by atoms with Gasteiger partial charge in [-0.1, -0.05) is 48.5 Å². The average Bonchev–Trinajstić information content (AvgIpc) is 3.06. The number of anilines is 3. The van der Waals surface area contributed by atoms with Crippen molar-refractivity contribution < 1.29 is 19.1 Å². The number of methoxy groups -OCH3 is 1. The number of piperazine rings is 1. The first-order valence-corrected chi connectivity index (χ1v) is 14.3. The van der Waals surface area contributed by atoms with Gasteiger partial charge in [0.05, 0.1) is 25.5 Å². The van der Waals surface area contributed by atoms with Crippen LogP contribution >= 0.6 is 0 Å². The van der Waals surface area contributed by atoms with E-state index in [1.807, 2.05) is 77.7 Å². The summed E-state index contributed by atoms with van der Waals surface area (Å²) < 4.78 is 10.7. The molecule has 1 saturated heterocycles. The van der Waals surface area contributed by atoms with Crippen molar-refractivity contribution in [2.45, 2.75) is 6.42 Å². The molecule has 1 aromatic heterocycles. The molecule has 0 bridgehead atoms. The maximum atomic E-state index is 12.7. The zero-order valence-corrected chi connectivity index (χ0v) is 24.5. The maximum absolute atomic E-state index is 12.7. The van der Waals surface area contributed by atoms with E-state index in [4.69, 9.17) is 15.2 Å². The number of nitrogens with two attached hydrogens (primary N) is 1. The molecule has 0 spiro atoms. The topological polar surface area (TPSA) is 135 Å². The fourth-order valence-electron chi connectivity index (χ4n) is 4.82. The zero-order valence-electron chi connectivity index (χ0n) is 24.5. The summed E-state index contributed by atoms with van der Waals surface area (Å²) in [5.41, 5.74) is 10.4. The smallest absolute Gasteiger partial charge is 0.334 e. The molecular formula is C33H35N7O4. The Hall–Kier alpha value is -5.58. The van der Waals surface area contributed by atoms with Crippen LogP contribution in [0.5, 0.6) is 5.75 Å². The molecule has 11 nitrogen and oxygen atoms in total. The first-order valence-electron chi connectivity index (χ1n) is 14.3. The van der Waals surface area contributed by atoms with Gasteiger partial charge in [-0.3, -0.25) is 5.32 Å². The van der Waals surface area contributed by atoms with Crippen LogP contribution in [0.3, 0.4) is 0 Å². The van der Waals surface area contributed by atoms with Gasteiger partial charge in [-0.05, 0) is 48.0 Å².